The fraction of sp³-hybridized carbons (Fsp3) is 0.357. The molecule has 92 valence electrons. The molecule has 0 aliphatic rings. The Bertz CT molecular complexity index is 551. The summed E-state index contributed by atoms with van der Waals surface area (Å²) in [6.45, 7) is 4.03. The monoisotopic (exact) mass is 241 g/mol. The summed E-state index contributed by atoms with van der Waals surface area (Å²) in [5.41, 5.74) is 2.15. The molecule has 0 bridgehead atoms. The van der Waals surface area contributed by atoms with Crippen molar-refractivity contribution in [2.24, 2.45) is 0 Å². The van der Waals surface area contributed by atoms with Crippen LogP contribution in [0.4, 0.5) is 0 Å². The Labute approximate surface area is 106 Å². The smallest absolute Gasteiger partial charge is 0.229 e. The summed E-state index contributed by atoms with van der Waals surface area (Å²) in [7, 11) is 0. The van der Waals surface area contributed by atoms with E-state index in [-0.39, 0.29) is 5.92 Å². The molecule has 2 rings (SSSR count). The number of benzene rings is 1. The Balaban J connectivity index is 2.15. The molecule has 4 heteroatoms. The van der Waals surface area contributed by atoms with Crippen molar-refractivity contribution in [2.75, 3.05) is 0 Å². The zero-order chi connectivity index (χ0) is 13.0. The summed E-state index contributed by atoms with van der Waals surface area (Å²) in [6.07, 6.45) is 1.25. The van der Waals surface area contributed by atoms with Crippen molar-refractivity contribution < 1.29 is 4.52 Å². The van der Waals surface area contributed by atoms with Crippen molar-refractivity contribution >= 4 is 0 Å². The normalized spacial score (nSPS) is 12.1. The highest BCUT2D eigenvalue weighted by Gasteiger charge is 2.14. The summed E-state index contributed by atoms with van der Waals surface area (Å²) in [4.78, 5) is 4.38. The molecule has 0 N–H and O–H groups in total. The highest BCUT2D eigenvalue weighted by atomic mass is 16.5. The minimum atomic E-state index is 0.122. The second-order valence-corrected chi connectivity index (χ2v) is 4.42. The van der Waals surface area contributed by atoms with Gasteiger partial charge < -0.3 is 4.52 Å². The Morgan fingerprint density at radius 2 is 2.06 bits per heavy atom. The van der Waals surface area contributed by atoms with Gasteiger partial charge in [0, 0.05) is 17.9 Å². The van der Waals surface area contributed by atoms with Crippen LogP contribution in [0.15, 0.2) is 28.8 Å². The van der Waals surface area contributed by atoms with Crippen LogP contribution in [-0.4, -0.2) is 10.1 Å². The van der Waals surface area contributed by atoms with E-state index in [0.29, 0.717) is 18.1 Å². The summed E-state index contributed by atoms with van der Waals surface area (Å²) in [6, 6.07) is 10.1. The van der Waals surface area contributed by atoms with Crippen molar-refractivity contribution in [3.05, 3.63) is 35.7 Å². The first-order valence-corrected chi connectivity index (χ1v) is 5.98. The molecule has 0 saturated carbocycles. The second kappa shape index (κ2) is 5.46. The summed E-state index contributed by atoms with van der Waals surface area (Å²) >= 11 is 0. The maximum Gasteiger partial charge on any atom is 0.229 e. The minimum Gasteiger partial charge on any atom is -0.339 e. The molecule has 0 amide bonds. The third kappa shape index (κ3) is 2.75. The van der Waals surface area contributed by atoms with E-state index in [1.165, 1.54) is 5.56 Å². The van der Waals surface area contributed by atoms with E-state index in [0.717, 1.165) is 12.0 Å². The molecule has 0 fully saturated rings. The summed E-state index contributed by atoms with van der Waals surface area (Å²) < 4.78 is 5.24. The lowest BCUT2D eigenvalue weighted by molar-refractivity contribution is 0.355. The molecule has 1 atom stereocenters. The van der Waals surface area contributed by atoms with E-state index in [1.54, 1.807) is 0 Å². The van der Waals surface area contributed by atoms with Crippen LogP contribution >= 0.6 is 0 Å². The van der Waals surface area contributed by atoms with Crippen molar-refractivity contribution in [2.45, 2.75) is 32.6 Å². The van der Waals surface area contributed by atoms with E-state index in [1.807, 2.05) is 38.1 Å². The Hall–Kier alpha value is -2.15. The Kier molecular flexibility index (Phi) is 3.73. The van der Waals surface area contributed by atoms with E-state index < -0.39 is 0 Å². The molecule has 1 heterocycles. The highest BCUT2D eigenvalue weighted by Crippen LogP contribution is 2.22. The number of hydrogen-bond donors (Lipinski definition) is 0. The first-order chi connectivity index (χ1) is 8.70. The van der Waals surface area contributed by atoms with Crippen LogP contribution in [0, 0.1) is 18.3 Å². The van der Waals surface area contributed by atoms with Gasteiger partial charge in [0.05, 0.1) is 6.07 Å². The van der Waals surface area contributed by atoms with Gasteiger partial charge in [-0.05, 0) is 13.3 Å². The maximum absolute atomic E-state index is 8.55. The van der Waals surface area contributed by atoms with Crippen molar-refractivity contribution in [3.8, 4) is 17.5 Å². The number of nitrogens with zero attached hydrogens (tertiary/aromatic N) is 3. The summed E-state index contributed by atoms with van der Waals surface area (Å²) in [5, 5.41) is 12.5. The van der Waals surface area contributed by atoms with E-state index in [9.17, 15) is 0 Å². The largest absolute Gasteiger partial charge is 0.339 e. The zero-order valence-corrected chi connectivity index (χ0v) is 10.6. The molecule has 0 radical (unpaired) electrons. The highest BCUT2D eigenvalue weighted by molar-refractivity contribution is 5.54. The van der Waals surface area contributed by atoms with Crippen LogP contribution < -0.4 is 0 Å². The zero-order valence-electron chi connectivity index (χ0n) is 10.6. The molecule has 2 aromatic rings. The molecule has 18 heavy (non-hydrogen) atoms. The molecular formula is C14H15N3O. The Morgan fingerprint density at radius 3 is 2.72 bits per heavy atom. The molecule has 0 saturated heterocycles. The number of hydrogen-bond acceptors (Lipinski definition) is 4. The fourth-order valence-electron chi connectivity index (χ4n) is 1.66. The molecule has 1 aromatic heterocycles. The maximum atomic E-state index is 8.55. The quantitative estimate of drug-likeness (QED) is 0.822. The molecule has 0 spiro atoms. The van der Waals surface area contributed by atoms with E-state index in [2.05, 4.69) is 16.2 Å². The van der Waals surface area contributed by atoms with Gasteiger partial charge in [-0.25, -0.2) is 0 Å². The van der Waals surface area contributed by atoms with Gasteiger partial charge in [-0.3, -0.25) is 0 Å². The minimum absolute atomic E-state index is 0.122. The number of rotatable bonds is 4. The van der Waals surface area contributed by atoms with Crippen LogP contribution in [0.25, 0.3) is 11.4 Å². The van der Waals surface area contributed by atoms with E-state index in [4.69, 9.17) is 9.78 Å². The predicted molar refractivity (Wildman–Crippen MR) is 67.7 cm³/mol. The van der Waals surface area contributed by atoms with Gasteiger partial charge in [-0.15, -0.1) is 0 Å². The van der Waals surface area contributed by atoms with E-state index >= 15 is 0 Å². The molecule has 4 nitrogen and oxygen atoms in total. The average Bonchev–Trinajstić information content (AvgIpc) is 2.86. The topological polar surface area (TPSA) is 62.7 Å². The third-order valence-electron chi connectivity index (χ3n) is 2.86. The van der Waals surface area contributed by atoms with Crippen LogP contribution in [0.5, 0.6) is 0 Å². The van der Waals surface area contributed by atoms with Crippen LogP contribution in [0.2, 0.25) is 0 Å². The van der Waals surface area contributed by atoms with Gasteiger partial charge in [-0.2, -0.15) is 10.2 Å². The Morgan fingerprint density at radius 1 is 1.33 bits per heavy atom. The SMILES string of the molecule is Cc1ccc(-c2noc(C(C)CCC#N)n2)cc1. The van der Waals surface area contributed by atoms with Gasteiger partial charge in [0.2, 0.25) is 11.7 Å². The molecule has 0 aliphatic heterocycles. The molecule has 0 aliphatic carbocycles. The average molecular weight is 241 g/mol. The number of nitriles is 1. The predicted octanol–water partition coefficient (Wildman–Crippen LogP) is 3.45. The second-order valence-electron chi connectivity index (χ2n) is 4.42. The number of aromatic nitrogens is 2. The van der Waals surface area contributed by atoms with Gasteiger partial charge in [-0.1, -0.05) is 41.9 Å². The van der Waals surface area contributed by atoms with Crippen molar-refractivity contribution in [1.29, 1.82) is 5.26 Å². The summed E-state index contributed by atoms with van der Waals surface area (Å²) in [5.74, 6) is 1.32. The van der Waals surface area contributed by atoms with Gasteiger partial charge in [0.1, 0.15) is 0 Å². The van der Waals surface area contributed by atoms with Crippen molar-refractivity contribution in [3.63, 3.8) is 0 Å². The standard InChI is InChI=1S/C14H15N3O/c1-10-5-7-12(8-6-10)13-16-14(18-17-13)11(2)4-3-9-15/h5-8,11H,3-4H2,1-2H3. The molecule has 1 unspecified atom stereocenters. The van der Waals surface area contributed by atoms with Crippen LogP contribution in [0.1, 0.15) is 37.1 Å². The molecule has 1 aromatic carbocycles. The molecular weight excluding hydrogens is 226 g/mol. The lowest BCUT2D eigenvalue weighted by Crippen LogP contribution is -1.93. The van der Waals surface area contributed by atoms with Crippen LogP contribution in [0.3, 0.4) is 0 Å². The van der Waals surface area contributed by atoms with Gasteiger partial charge in [0.15, 0.2) is 0 Å². The van der Waals surface area contributed by atoms with Gasteiger partial charge in [0.25, 0.3) is 0 Å². The fourth-order valence-corrected chi connectivity index (χ4v) is 1.66. The van der Waals surface area contributed by atoms with Gasteiger partial charge >= 0.3 is 0 Å². The van der Waals surface area contributed by atoms with Crippen LogP contribution in [-0.2, 0) is 0 Å². The lowest BCUT2D eigenvalue weighted by Gasteiger charge is -2.00. The third-order valence-corrected chi connectivity index (χ3v) is 2.86. The number of aryl methyl sites for hydroxylation is 1. The first-order valence-electron chi connectivity index (χ1n) is 5.98. The van der Waals surface area contributed by atoms with Crippen molar-refractivity contribution in [1.82, 2.24) is 10.1 Å². The first kappa shape index (κ1) is 12.3. The lowest BCUT2D eigenvalue weighted by atomic mass is 10.1.